The van der Waals surface area contributed by atoms with Gasteiger partial charge in [0.1, 0.15) is 5.76 Å². The molecule has 0 aliphatic heterocycles. The van der Waals surface area contributed by atoms with Crippen LogP contribution in [0.2, 0.25) is 0 Å². The summed E-state index contributed by atoms with van der Waals surface area (Å²) in [6, 6.07) is 10.2. The number of hydrogen-bond donors (Lipinski definition) is 1. The fourth-order valence-electron chi connectivity index (χ4n) is 2.23. The van der Waals surface area contributed by atoms with E-state index in [2.05, 4.69) is 42.3 Å². The summed E-state index contributed by atoms with van der Waals surface area (Å²) in [6.07, 6.45) is 3.55. The minimum Gasteiger partial charge on any atom is -0.467 e. The molecule has 3 heteroatoms. The van der Waals surface area contributed by atoms with Gasteiger partial charge in [-0.3, -0.25) is 4.98 Å². The lowest BCUT2D eigenvalue weighted by Gasteiger charge is -2.10. The topological polar surface area (TPSA) is 38.1 Å². The summed E-state index contributed by atoms with van der Waals surface area (Å²) >= 11 is 0. The number of hydrogen-bond acceptors (Lipinski definition) is 3. The third-order valence-corrected chi connectivity index (χ3v) is 3.38. The molecule has 0 aliphatic carbocycles. The van der Waals surface area contributed by atoms with Crippen LogP contribution >= 0.6 is 0 Å². The normalized spacial score (nSPS) is 10.8. The molecule has 0 spiro atoms. The minimum absolute atomic E-state index is 0.686. The fraction of sp³-hybridized carbons (Fsp3) is 0.188. The van der Waals surface area contributed by atoms with Crippen molar-refractivity contribution < 1.29 is 4.42 Å². The molecule has 0 radical (unpaired) electrons. The van der Waals surface area contributed by atoms with Crippen LogP contribution in [0.3, 0.4) is 0 Å². The van der Waals surface area contributed by atoms with Crippen molar-refractivity contribution in [1.29, 1.82) is 0 Å². The zero-order chi connectivity index (χ0) is 13.2. The molecule has 0 saturated carbocycles. The number of benzene rings is 1. The van der Waals surface area contributed by atoms with Gasteiger partial charge < -0.3 is 9.73 Å². The monoisotopic (exact) mass is 252 g/mol. The van der Waals surface area contributed by atoms with Gasteiger partial charge in [0, 0.05) is 17.3 Å². The molecule has 2 heterocycles. The van der Waals surface area contributed by atoms with Crippen molar-refractivity contribution >= 4 is 16.6 Å². The Kier molecular flexibility index (Phi) is 2.95. The maximum Gasteiger partial charge on any atom is 0.125 e. The average molecular weight is 252 g/mol. The van der Waals surface area contributed by atoms with E-state index in [9.17, 15) is 0 Å². The smallest absolute Gasteiger partial charge is 0.125 e. The van der Waals surface area contributed by atoms with Crippen LogP contribution in [0.25, 0.3) is 10.9 Å². The van der Waals surface area contributed by atoms with Gasteiger partial charge in [-0.05, 0) is 49.2 Å². The second-order valence-electron chi connectivity index (χ2n) is 4.71. The Hall–Kier alpha value is -2.29. The highest BCUT2D eigenvalue weighted by Crippen LogP contribution is 2.25. The molecule has 0 atom stereocenters. The van der Waals surface area contributed by atoms with Crippen LogP contribution in [0, 0.1) is 13.8 Å². The quantitative estimate of drug-likeness (QED) is 0.764. The molecule has 0 amide bonds. The largest absolute Gasteiger partial charge is 0.467 e. The molecule has 2 aromatic heterocycles. The van der Waals surface area contributed by atoms with E-state index in [-0.39, 0.29) is 0 Å². The molecule has 3 rings (SSSR count). The summed E-state index contributed by atoms with van der Waals surface area (Å²) in [4.78, 5) is 4.44. The number of nitrogens with one attached hydrogen (secondary N) is 1. The van der Waals surface area contributed by atoms with E-state index in [1.54, 1.807) is 6.26 Å². The summed E-state index contributed by atoms with van der Waals surface area (Å²) in [6.45, 7) is 4.82. The third-order valence-electron chi connectivity index (χ3n) is 3.38. The fourth-order valence-corrected chi connectivity index (χ4v) is 2.23. The predicted molar refractivity (Wildman–Crippen MR) is 77.3 cm³/mol. The highest BCUT2D eigenvalue weighted by Gasteiger charge is 2.06. The Morgan fingerprint density at radius 1 is 1.11 bits per heavy atom. The molecule has 3 nitrogen and oxygen atoms in total. The molecular weight excluding hydrogens is 236 g/mol. The van der Waals surface area contributed by atoms with Gasteiger partial charge in [0.05, 0.1) is 18.3 Å². The summed E-state index contributed by atoms with van der Waals surface area (Å²) in [7, 11) is 0. The van der Waals surface area contributed by atoms with Gasteiger partial charge >= 0.3 is 0 Å². The lowest BCUT2D eigenvalue weighted by molar-refractivity contribution is 0.515. The Morgan fingerprint density at radius 2 is 2.00 bits per heavy atom. The van der Waals surface area contributed by atoms with E-state index >= 15 is 0 Å². The standard InChI is InChI=1S/C16H16N2O/c1-11-7-9-19-15(11)10-18-14-6-5-12(2)16-13(14)4-3-8-17-16/h3-9,18H,10H2,1-2H3. The molecule has 0 aliphatic rings. The summed E-state index contributed by atoms with van der Waals surface area (Å²) in [5.74, 6) is 0.970. The van der Waals surface area contributed by atoms with Crippen LogP contribution in [0.1, 0.15) is 16.9 Å². The second-order valence-corrected chi connectivity index (χ2v) is 4.71. The van der Waals surface area contributed by atoms with E-state index in [4.69, 9.17) is 4.42 Å². The first-order chi connectivity index (χ1) is 9.25. The number of furan rings is 1. The number of nitrogens with zero attached hydrogens (tertiary/aromatic N) is 1. The van der Waals surface area contributed by atoms with Gasteiger partial charge in [-0.2, -0.15) is 0 Å². The van der Waals surface area contributed by atoms with Crippen molar-refractivity contribution in [3.63, 3.8) is 0 Å². The summed E-state index contributed by atoms with van der Waals surface area (Å²) in [5, 5.41) is 4.57. The van der Waals surface area contributed by atoms with E-state index in [0.717, 1.165) is 22.4 Å². The second kappa shape index (κ2) is 4.76. The van der Waals surface area contributed by atoms with Crippen LogP contribution in [-0.4, -0.2) is 4.98 Å². The van der Waals surface area contributed by atoms with Crippen molar-refractivity contribution in [3.8, 4) is 0 Å². The van der Waals surface area contributed by atoms with Gasteiger partial charge in [-0.1, -0.05) is 6.07 Å². The lowest BCUT2D eigenvalue weighted by atomic mass is 10.1. The molecule has 3 aromatic rings. The first kappa shape index (κ1) is 11.8. The van der Waals surface area contributed by atoms with Crippen molar-refractivity contribution in [2.45, 2.75) is 20.4 Å². The maximum atomic E-state index is 5.44. The van der Waals surface area contributed by atoms with Gasteiger partial charge in [0.25, 0.3) is 0 Å². The molecule has 0 fully saturated rings. The number of fused-ring (bicyclic) bond motifs is 1. The van der Waals surface area contributed by atoms with Crippen LogP contribution in [0.5, 0.6) is 0 Å². The number of aromatic nitrogens is 1. The molecule has 96 valence electrons. The molecule has 0 saturated heterocycles. The van der Waals surface area contributed by atoms with Crippen molar-refractivity contribution in [2.75, 3.05) is 5.32 Å². The van der Waals surface area contributed by atoms with Crippen molar-refractivity contribution in [2.24, 2.45) is 0 Å². The Morgan fingerprint density at radius 3 is 2.79 bits per heavy atom. The van der Waals surface area contributed by atoms with E-state index in [1.165, 1.54) is 11.1 Å². The molecule has 0 bridgehead atoms. The SMILES string of the molecule is Cc1ccoc1CNc1ccc(C)c2ncccc12. The maximum absolute atomic E-state index is 5.44. The van der Waals surface area contributed by atoms with Crippen LogP contribution in [0.4, 0.5) is 5.69 Å². The number of aryl methyl sites for hydroxylation is 2. The number of rotatable bonds is 3. The van der Waals surface area contributed by atoms with Crippen LogP contribution < -0.4 is 5.32 Å². The number of anilines is 1. The van der Waals surface area contributed by atoms with E-state index in [0.29, 0.717) is 6.54 Å². The Balaban J connectivity index is 1.93. The van der Waals surface area contributed by atoms with Gasteiger partial charge in [0.15, 0.2) is 0 Å². The van der Waals surface area contributed by atoms with E-state index in [1.807, 2.05) is 18.3 Å². The number of pyridine rings is 1. The highest BCUT2D eigenvalue weighted by molar-refractivity contribution is 5.93. The minimum atomic E-state index is 0.686. The van der Waals surface area contributed by atoms with Gasteiger partial charge in [-0.15, -0.1) is 0 Å². The third kappa shape index (κ3) is 2.19. The van der Waals surface area contributed by atoms with Gasteiger partial charge in [-0.25, -0.2) is 0 Å². The van der Waals surface area contributed by atoms with Crippen molar-refractivity contribution in [3.05, 3.63) is 59.7 Å². The Labute approximate surface area is 112 Å². The zero-order valence-corrected chi connectivity index (χ0v) is 11.1. The molecule has 19 heavy (non-hydrogen) atoms. The first-order valence-corrected chi connectivity index (χ1v) is 6.37. The summed E-state index contributed by atoms with van der Waals surface area (Å²) in [5.41, 5.74) is 4.49. The molecular formula is C16H16N2O. The van der Waals surface area contributed by atoms with Crippen molar-refractivity contribution in [1.82, 2.24) is 4.98 Å². The predicted octanol–water partition coefficient (Wildman–Crippen LogP) is 4.06. The lowest BCUT2D eigenvalue weighted by Crippen LogP contribution is -2.00. The molecule has 1 N–H and O–H groups in total. The zero-order valence-electron chi connectivity index (χ0n) is 11.1. The molecule has 0 unspecified atom stereocenters. The average Bonchev–Trinajstić information content (AvgIpc) is 2.84. The molecule has 1 aromatic carbocycles. The van der Waals surface area contributed by atoms with Gasteiger partial charge in [0.2, 0.25) is 0 Å². The van der Waals surface area contributed by atoms with Crippen LogP contribution in [0.15, 0.2) is 47.2 Å². The first-order valence-electron chi connectivity index (χ1n) is 6.37. The Bertz CT molecular complexity index is 716. The van der Waals surface area contributed by atoms with E-state index < -0.39 is 0 Å². The highest BCUT2D eigenvalue weighted by atomic mass is 16.3. The summed E-state index contributed by atoms with van der Waals surface area (Å²) < 4.78 is 5.44. The van der Waals surface area contributed by atoms with Crippen LogP contribution in [-0.2, 0) is 6.54 Å².